The number of aliphatic imine (C=N–C) groups is 1. The van der Waals surface area contributed by atoms with Crippen molar-refractivity contribution in [3.63, 3.8) is 0 Å². The first-order valence-electron chi connectivity index (χ1n) is 16.0. The molecule has 2 saturated carbocycles. The summed E-state index contributed by atoms with van der Waals surface area (Å²) in [5.74, 6) is -0.140. The van der Waals surface area contributed by atoms with Gasteiger partial charge in [0.15, 0.2) is 0 Å². The molecule has 7 unspecified atom stereocenters. The Hall–Kier alpha value is -1.13. The Kier molecular flexibility index (Phi) is 9.64. The van der Waals surface area contributed by atoms with E-state index in [1.165, 1.54) is 38.3 Å². The minimum Gasteiger partial charge on any atom is -0.350 e. The van der Waals surface area contributed by atoms with Crippen LogP contribution in [0.3, 0.4) is 0 Å². The van der Waals surface area contributed by atoms with Crippen molar-refractivity contribution in [2.45, 2.75) is 115 Å². The predicted molar refractivity (Wildman–Crippen MR) is 155 cm³/mol. The van der Waals surface area contributed by atoms with Crippen LogP contribution in [0.5, 0.6) is 0 Å². The van der Waals surface area contributed by atoms with E-state index in [-0.39, 0.29) is 23.3 Å². The van der Waals surface area contributed by atoms with Crippen molar-refractivity contribution in [3.8, 4) is 0 Å². The summed E-state index contributed by atoms with van der Waals surface area (Å²) in [6, 6.07) is 0.674. The SMILES string of the molecule is CCCC1(C2CCC2)CCC(F)C=NC(C(C(=O)NC2CNCCC2N2CCN(C3CC3)CC2)C(N)N)C1C. The molecule has 222 valence electrons. The molecule has 8 nitrogen and oxygen atoms in total. The fraction of sp³-hybridized carbons (Fsp3) is 0.933. The molecule has 2 saturated heterocycles. The molecule has 0 aromatic carbocycles. The quantitative estimate of drug-likeness (QED) is 0.330. The van der Waals surface area contributed by atoms with Crippen LogP contribution in [0.15, 0.2) is 4.99 Å². The second kappa shape index (κ2) is 12.8. The number of hydrogen-bond acceptors (Lipinski definition) is 7. The van der Waals surface area contributed by atoms with Crippen LogP contribution in [-0.2, 0) is 4.79 Å². The monoisotopic (exact) mass is 547 g/mol. The third kappa shape index (κ3) is 6.37. The van der Waals surface area contributed by atoms with Gasteiger partial charge in [-0.05, 0) is 75.2 Å². The van der Waals surface area contributed by atoms with Crippen molar-refractivity contribution in [1.29, 1.82) is 0 Å². The van der Waals surface area contributed by atoms with Crippen LogP contribution in [0.2, 0.25) is 0 Å². The van der Waals surface area contributed by atoms with Crippen LogP contribution in [0.1, 0.15) is 78.1 Å². The van der Waals surface area contributed by atoms with Gasteiger partial charge >= 0.3 is 0 Å². The fourth-order valence-corrected chi connectivity index (χ4v) is 8.50. The Bertz CT molecular complexity index is 841. The number of halogens is 1. The lowest BCUT2D eigenvalue weighted by molar-refractivity contribution is -0.129. The minimum absolute atomic E-state index is 0.00577. The maximum atomic E-state index is 14.9. The molecule has 0 radical (unpaired) electrons. The van der Waals surface area contributed by atoms with Crippen LogP contribution >= 0.6 is 0 Å². The minimum atomic E-state index is -1.09. The number of carbonyl (C=O) groups is 1. The molecule has 4 fully saturated rings. The molecular weight excluding hydrogens is 493 g/mol. The molecule has 3 heterocycles. The zero-order valence-electron chi connectivity index (χ0n) is 24.4. The topological polar surface area (TPSA) is 112 Å². The van der Waals surface area contributed by atoms with Crippen molar-refractivity contribution >= 4 is 12.1 Å². The van der Waals surface area contributed by atoms with E-state index in [1.807, 2.05) is 0 Å². The summed E-state index contributed by atoms with van der Waals surface area (Å²) in [4.78, 5) is 24.1. The average Bonchev–Trinajstić information content (AvgIpc) is 3.73. The highest BCUT2D eigenvalue weighted by atomic mass is 19.1. The number of alkyl halides is 1. The van der Waals surface area contributed by atoms with Crippen molar-refractivity contribution < 1.29 is 9.18 Å². The zero-order chi connectivity index (χ0) is 27.6. The van der Waals surface area contributed by atoms with Gasteiger partial charge in [0.05, 0.1) is 24.2 Å². The van der Waals surface area contributed by atoms with Gasteiger partial charge in [-0.15, -0.1) is 0 Å². The maximum absolute atomic E-state index is 14.9. The number of piperidine rings is 1. The summed E-state index contributed by atoms with van der Waals surface area (Å²) in [5.41, 5.74) is 12.8. The van der Waals surface area contributed by atoms with Crippen LogP contribution in [0, 0.1) is 23.2 Å². The highest BCUT2D eigenvalue weighted by Crippen LogP contribution is 2.55. The third-order valence-corrected chi connectivity index (χ3v) is 11.1. The standard InChI is InChI=1S/C30H54FN7O/c1-3-11-30(21-5-4-6-21)12-9-22(31)18-35-27(20(30)2)26(28(32)33)29(39)36-24-19-34-13-10-25(24)38-16-14-37(15-17-38)23-7-8-23/h18,20-28,34H,3-17,19,32-33H2,1-2H3,(H,36,39). The predicted octanol–water partition coefficient (Wildman–Crippen LogP) is 2.27. The van der Waals surface area contributed by atoms with Crippen LogP contribution < -0.4 is 22.1 Å². The van der Waals surface area contributed by atoms with Gasteiger partial charge in [0.2, 0.25) is 5.91 Å². The third-order valence-electron chi connectivity index (χ3n) is 11.1. The summed E-state index contributed by atoms with van der Waals surface area (Å²) >= 11 is 0. The lowest BCUT2D eigenvalue weighted by Crippen LogP contribution is -2.65. The van der Waals surface area contributed by atoms with Crippen molar-refractivity contribution in [2.24, 2.45) is 39.6 Å². The smallest absolute Gasteiger partial charge is 0.228 e. The van der Waals surface area contributed by atoms with Gasteiger partial charge in [-0.3, -0.25) is 19.6 Å². The number of carbonyl (C=O) groups excluding carboxylic acids is 1. The Labute approximate surface area is 235 Å². The van der Waals surface area contributed by atoms with E-state index in [4.69, 9.17) is 16.5 Å². The number of nitrogens with zero attached hydrogens (tertiary/aromatic N) is 3. The zero-order valence-corrected chi connectivity index (χ0v) is 24.4. The van der Waals surface area contributed by atoms with Crippen LogP contribution in [0.4, 0.5) is 4.39 Å². The molecule has 0 spiro atoms. The molecule has 6 N–H and O–H groups in total. The number of amides is 1. The van der Waals surface area contributed by atoms with Gasteiger partial charge < -0.3 is 22.1 Å². The molecular formula is C30H54FN7O. The summed E-state index contributed by atoms with van der Waals surface area (Å²) in [7, 11) is 0. The second-order valence-electron chi connectivity index (χ2n) is 13.3. The summed E-state index contributed by atoms with van der Waals surface area (Å²) in [5, 5.41) is 6.88. The number of nitrogens with one attached hydrogen (secondary N) is 2. The Morgan fingerprint density at radius 3 is 2.46 bits per heavy atom. The number of hydrogen-bond donors (Lipinski definition) is 4. The van der Waals surface area contributed by atoms with Gasteiger partial charge in [-0.1, -0.05) is 26.7 Å². The Morgan fingerprint density at radius 2 is 1.85 bits per heavy atom. The molecule has 0 aromatic heterocycles. The highest BCUT2D eigenvalue weighted by molar-refractivity contribution is 5.81. The second-order valence-corrected chi connectivity index (χ2v) is 13.3. The van der Waals surface area contributed by atoms with E-state index >= 15 is 0 Å². The first-order valence-corrected chi connectivity index (χ1v) is 16.0. The maximum Gasteiger partial charge on any atom is 0.228 e. The Balaban J connectivity index is 1.33. The van der Waals surface area contributed by atoms with E-state index in [2.05, 4.69) is 34.3 Å². The lowest BCUT2D eigenvalue weighted by atomic mass is 9.53. The van der Waals surface area contributed by atoms with Gasteiger partial charge in [0.1, 0.15) is 6.17 Å². The molecule has 0 bridgehead atoms. The largest absolute Gasteiger partial charge is 0.350 e. The van der Waals surface area contributed by atoms with Gasteiger partial charge in [-0.2, -0.15) is 0 Å². The number of nitrogens with two attached hydrogens (primary N) is 2. The van der Waals surface area contributed by atoms with Crippen molar-refractivity contribution in [1.82, 2.24) is 20.4 Å². The average molecular weight is 548 g/mol. The molecule has 2 aliphatic carbocycles. The van der Waals surface area contributed by atoms with E-state index < -0.39 is 24.3 Å². The normalized spacial score (nSPS) is 38.2. The van der Waals surface area contributed by atoms with Gasteiger partial charge in [-0.25, -0.2) is 4.39 Å². The molecule has 1 amide bonds. The summed E-state index contributed by atoms with van der Waals surface area (Å²) in [6.07, 6.45) is 10.2. The Morgan fingerprint density at radius 1 is 1.13 bits per heavy atom. The number of piperazine rings is 1. The van der Waals surface area contributed by atoms with E-state index in [0.29, 0.717) is 18.4 Å². The number of rotatable bonds is 9. The summed E-state index contributed by atoms with van der Waals surface area (Å²) < 4.78 is 14.9. The van der Waals surface area contributed by atoms with E-state index in [0.717, 1.165) is 71.0 Å². The van der Waals surface area contributed by atoms with Gasteiger partial charge in [0.25, 0.3) is 0 Å². The molecule has 7 atom stereocenters. The fourth-order valence-electron chi connectivity index (χ4n) is 8.50. The van der Waals surface area contributed by atoms with Gasteiger partial charge in [0, 0.05) is 51.0 Å². The van der Waals surface area contributed by atoms with Crippen LogP contribution in [-0.4, -0.2) is 97.7 Å². The van der Waals surface area contributed by atoms with Crippen molar-refractivity contribution in [3.05, 3.63) is 0 Å². The molecule has 3 aliphatic heterocycles. The lowest BCUT2D eigenvalue weighted by Gasteiger charge is -2.53. The molecule has 0 aromatic rings. The van der Waals surface area contributed by atoms with Crippen LogP contribution in [0.25, 0.3) is 0 Å². The molecule has 5 aliphatic rings. The molecule has 9 heteroatoms. The first kappa shape index (κ1) is 29.4. The highest BCUT2D eigenvalue weighted by Gasteiger charge is 2.51. The van der Waals surface area contributed by atoms with E-state index in [1.54, 1.807) is 0 Å². The molecule has 39 heavy (non-hydrogen) atoms. The van der Waals surface area contributed by atoms with Crippen molar-refractivity contribution in [2.75, 3.05) is 39.3 Å². The summed E-state index contributed by atoms with van der Waals surface area (Å²) in [6.45, 7) is 10.5. The first-order chi connectivity index (χ1) is 18.8. The van der Waals surface area contributed by atoms with E-state index in [9.17, 15) is 9.18 Å². The molecule has 5 rings (SSSR count).